The molecular weight excluding hydrogens is 456 g/mol. The van der Waals surface area contributed by atoms with Crippen LogP contribution in [0, 0.1) is 0 Å². The Kier molecular flexibility index (Phi) is 5.97. The van der Waals surface area contributed by atoms with Crippen LogP contribution in [0.4, 0.5) is 11.8 Å². The van der Waals surface area contributed by atoms with Crippen molar-refractivity contribution in [1.82, 2.24) is 20.3 Å². The maximum absolute atomic E-state index is 12.2. The molecule has 1 amide bonds. The van der Waals surface area contributed by atoms with Gasteiger partial charge in [-0.05, 0) is 51.0 Å². The number of benzene rings is 1. The summed E-state index contributed by atoms with van der Waals surface area (Å²) in [7, 11) is 1.63. The Morgan fingerprint density at radius 2 is 1.67 bits per heavy atom. The number of ether oxygens (including phenoxy) is 2. The fourth-order valence-corrected chi connectivity index (χ4v) is 5.62. The van der Waals surface area contributed by atoms with E-state index < -0.39 is 0 Å². The first-order valence-electron chi connectivity index (χ1n) is 12.8. The summed E-state index contributed by atoms with van der Waals surface area (Å²) in [6, 6.07) is 11.6. The van der Waals surface area contributed by atoms with Crippen molar-refractivity contribution < 1.29 is 14.3 Å². The average Bonchev–Trinajstić information content (AvgIpc) is 3.23. The number of nitrogens with one attached hydrogen (secondary N) is 1. The van der Waals surface area contributed by atoms with Crippen LogP contribution in [-0.2, 0) is 9.47 Å². The number of carbonyl (C=O) groups is 1. The molecule has 9 nitrogen and oxygen atoms in total. The number of fused-ring (bicyclic) bond motifs is 3. The summed E-state index contributed by atoms with van der Waals surface area (Å²) in [5.74, 6) is 1.48. The summed E-state index contributed by atoms with van der Waals surface area (Å²) in [6.07, 6.45) is 2.89. The van der Waals surface area contributed by atoms with Gasteiger partial charge in [0, 0.05) is 44.4 Å². The lowest BCUT2D eigenvalue weighted by Gasteiger charge is -2.37. The van der Waals surface area contributed by atoms with Gasteiger partial charge in [0.1, 0.15) is 5.82 Å². The maximum atomic E-state index is 12.2. The monoisotopic (exact) mass is 488 g/mol. The normalized spacial score (nSPS) is 25.9. The van der Waals surface area contributed by atoms with Crippen molar-refractivity contribution in [2.45, 2.75) is 51.1 Å². The van der Waals surface area contributed by atoms with Crippen LogP contribution in [-0.4, -0.2) is 78.5 Å². The van der Waals surface area contributed by atoms with Crippen molar-refractivity contribution in [3.63, 3.8) is 0 Å². The third-order valence-electron chi connectivity index (χ3n) is 7.22. The van der Waals surface area contributed by atoms with Gasteiger partial charge in [0.25, 0.3) is 5.91 Å². The van der Waals surface area contributed by atoms with Gasteiger partial charge in [-0.2, -0.15) is 9.97 Å². The number of amides is 1. The minimum atomic E-state index is -0.123. The third kappa shape index (κ3) is 4.37. The zero-order valence-electron chi connectivity index (χ0n) is 21.0. The lowest BCUT2D eigenvalue weighted by atomic mass is 10.1. The van der Waals surface area contributed by atoms with Gasteiger partial charge >= 0.3 is 0 Å². The van der Waals surface area contributed by atoms with Gasteiger partial charge in [-0.3, -0.25) is 4.79 Å². The van der Waals surface area contributed by atoms with Gasteiger partial charge in [0.2, 0.25) is 5.95 Å². The molecule has 2 bridgehead atoms. The topological polar surface area (TPSA) is 92.7 Å². The molecule has 3 aliphatic rings. The molecule has 36 heavy (non-hydrogen) atoms. The van der Waals surface area contributed by atoms with E-state index in [9.17, 15) is 4.79 Å². The van der Waals surface area contributed by atoms with Crippen molar-refractivity contribution in [2.75, 3.05) is 43.0 Å². The largest absolute Gasteiger partial charge is 0.372 e. The Morgan fingerprint density at radius 1 is 0.917 bits per heavy atom. The Balaban J connectivity index is 1.45. The van der Waals surface area contributed by atoms with Crippen LogP contribution in [0.15, 0.2) is 36.4 Å². The predicted molar refractivity (Wildman–Crippen MR) is 138 cm³/mol. The zero-order valence-corrected chi connectivity index (χ0v) is 21.0. The number of hydrogen-bond acceptors (Lipinski definition) is 8. The van der Waals surface area contributed by atoms with Gasteiger partial charge < -0.3 is 24.6 Å². The molecule has 4 atom stereocenters. The molecule has 6 rings (SSSR count). The molecule has 9 heteroatoms. The number of rotatable bonds is 4. The molecule has 3 fully saturated rings. The smallest absolute Gasteiger partial charge is 0.251 e. The first kappa shape index (κ1) is 23.1. The fourth-order valence-electron chi connectivity index (χ4n) is 5.62. The Bertz CT molecular complexity index is 1280. The van der Waals surface area contributed by atoms with Crippen LogP contribution in [0.5, 0.6) is 0 Å². The van der Waals surface area contributed by atoms with Gasteiger partial charge in [0.15, 0.2) is 5.65 Å². The van der Waals surface area contributed by atoms with Gasteiger partial charge in [-0.1, -0.05) is 12.1 Å². The molecule has 3 aliphatic heterocycles. The summed E-state index contributed by atoms with van der Waals surface area (Å²) in [5.41, 5.74) is 2.90. The quantitative estimate of drug-likeness (QED) is 0.599. The molecule has 1 aromatic carbocycles. The van der Waals surface area contributed by atoms with Crippen LogP contribution in [0.2, 0.25) is 0 Å². The lowest BCUT2D eigenvalue weighted by molar-refractivity contribution is -0.00570. The predicted octanol–water partition coefficient (Wildman–Crippen LogP) is 3.03. The third-order valence-corrected chi connectivity index (χ3v) is 7.22. The number of carbonyl (C=O) groups excluding carboxylic acids is 1. The Morgan fingerprint density at radius 3 is 2.39 bits per heavy atom. The second-order valence-electron chi connectivity index (χ2n) is 10.1. The van der Waals surface area contributed by atoms with E-state index >= 15 is 0 Å². The fraction of sp³-hybridized carbons (Fsp3) is 0.481. The van der Waals surface area contributed by atoms with Crippen LogP contribution < -0.4 is 15.1 Å². The van der Waals surface area contributed by atoms with Crippen LogP contribution >= 0.6 is 0 Å². The minimum Gasteiger partial charge on any atom is -0.372 e. The first-order chi connectivity index (χ1) is 17.5. The van der Waals surface area contributed by atoms with E-state index in [1.807, 2.05) is 24.3 Å². The Hall–Kier alpha value is -3.30. The van der Waals surface area contributed by atoms with Gasteiger partial charge in [-0.25, -0.2) is 4.98 Å². The first-order valence-corrected chi connectivity index (χ1v) is 12.8. The standard InChI is InChI=1S/C27H32N6O3/c1-16-12-33(13-17(2)35-16)27-30-24-22(25(31-27)32-14-20-7-8-21(15-32)36-20)9-10-23(29-24)18-5-4-6-19(11-18)26(34)28-3/h4-6,9-11,16-17,20-21H,7-8,12-15H2,1-3H3,(H,28,34)/t16-,17+,20?,21?. The average molecular weight is 489 g/mol. The summed E-state index contributed by atoms with van der Waals surface area (Å²) >= 11 is 0. The number of pyridine rings is 1. The summed E-state index contributed by atoms with van der Waals surface area (Å²) in [5, 5.41) is 3.62. The second-order valence-corrected chi connectivity index (χ2v) is 10.1. The number of nitrogens with zero attached hydrogens (tertiary/aromatic N) is 5. The number of morpholine rings is 2. The molecule has 2 unspecified atom stereocenters. The van der Waals surface area contributed by atoms with E-state index in [-0.39, 0.29) is 30.3 Å². The molecular formula is C27H32N6O3. The van der Waals surface area contributed by atoms with Crippen molar-refractivity contribution in [3.8, 4) is 11.3 Å². The van der Waals surface area contributed by atoms with E-state index in [0.29, 0.717) is 17.2 Å². The molecule has 1 N–H and O–H groups in total. The number of hydrogen-bond donors (Lipinski definition) is 1. The maximum Gasteiger partial charge on any atom is 0.251 e. The SMILES string of the molecule is CNC(=O)c1cccc(-c2ccc3c(N4CC5CCC(C4)O5)nc(N4C[C@@H](C)O[C@@H](C)C4)nc3n2)c1. The molecule has 3 aromatic rings. The second kappa shape index (κ2) is 9.29. The molecule has 3 saturated heterocycles. The lowest BCUT2D eigenvalue weighted by Crippen LogP contribution is -2.47. The molecule has 0 spiro atoms. The Labute approximate surface area is 210 Å². The molecule has 0 saturated carbocycles. The molecule has 0 radical (unpaired) electrons. The van der Waals surface area contributed by atoms with E-state index in [0.717, 1.165) is 61.5 Å². The van der Waals surface area contributed by atoms with Gasteiger partial charge in [0.05, 0.1) is 35.5 Å². The molecule has 5 heterocycles. The van der Waals surface area contributed by atoms with E-state index in [2.05, 4.69) is 35.0 Å². The highest BCUT2D eigenvalue weighted by molar-refractivity contribution is 5.95. The van der Waals surface area contributed by atoms with E-state index in [4.69, 9.17) is 24.4 Å². The highest BCUT2D eigenvalue weighted by atomic mass is 16.5. The minimum absolute atomic E-state index is 0.0995. The van der Waals surface area contributed by atoms with Crippen molar-refractivity contribution >= 4 is 28.7 Å². The molecule has 188 valence electrons. The van der Waals surface area contributed by atoms with E-state index in [1.54, 1.807) is 13.1 Å². The van der Waals surface area contributed by atoms with Crippen molar-refractivity contribution in [2.24, 2.45) is 0 Å². The summed E-state index contributed by atoms with van der Waals surface area (Å²) in [6.45, 7) is 7.29. The molecule has 2 aromatic heterocycles. The number of aromatic nitrogens is 3. The van der Waals surface area contributed by atoms with Crippen molar-refractivity contribution in [3.05, 3.63) is 42.0 Å². The van der Waals surface area contributed by atoms with E-state index in [1.165, 1.54) is 0 Å². The summed E-state index contributed by atoms with van der Waals surface area (Å²) < 4.78 is 12.0. The molecule has 0 aliphatic carbocycles. The summed E-state index contributed by atoms with van der Waals surface area (Å²) in [4.78, 5) is 31.8. The zero-order chi connectivity index (χ0) is 24.8. The van der Waals surface area contributed by atoms with Crippen molar-refractivity contribution in [1.29, 1.82) is 0 Å². The van der Waals surface area contributed by atoms with Crippen LogP contribution in [0.1, 0.15) is 37.0 Å². The van der Waals surface area contributed by atoms with Crippen LogP contribution in [0.3, 0.4) is 0 Å². The van der Waals surface area contributed by atoms with Gasteiger partial charge in [-0.15, -0.1) is 0 Å². The number of anilines is 2. The highest BCUT2D eigenvalue weighted by Gasteiger charge is 2.35. The highest BCUT2D eigenvalue weighted by Crippen LogP contribution is 2.34. The van der Waals surface area contributed by atoms with Crippen LogP contribution in [0.25, 0.3) is 22.3 Å².